The van der Waals surface area contributed by atoms with Crippen LogP contribution in [0.1, 0.15) is 0 Å². The third-order valence-electron chi connectivity index (χ3n) is 2.48. The van der Waals surface area contributed by atoms with Crippen LogP contribution in [0, 0.1) is 0 Å². The monoisotopic (exact) mass is 241 g/mol. The molecule has 1 amide bonds. The molecule has 0 fully saturated rings. The van der Waals surface area contributed by atoms with Crippen LogP contribution in [0.25, 0.3) is 11.1 Å². The highest BCUT2D eigenvalue weighted by molar-refractivity contribution is 5.92. The Hall–Kier alpha value is -2.20. The second-order valence-corrected chi connectivity index (χ2v) is 3.90. The van der Waals surface area contributed by atoms with Gasteiger partial charge in [-0.2, -0.15) is 0 Å². The third-order valence-corrected chi connectivity index (χ3v) is 2.48. The first-order valence-electron chi connectivity index (χ1n) is 5.74. The summed E-state index contributed by atoms with van der Waals surface area (Å²) in [6.07, 6.45) is 3.54. The van der Waals surface area contributed by atoms with Crippen molar-refractivity contribution in [2.24, 2.45) is 0 Å². The number of carbonyl (C=O) groups is 1. The highest BCUT2D eigenvalue weighted by Gasteiger charge is 2.02. The number of hydrogen-bond donors (Lipinski definition) is 2. The first-order chi connectivity index (χ1) is 8.79. The number of hydrogen-bond acceptors (Lipinski definition) is 3. The van der Waals surface area contributed by atoms with Crippen LogP contribution in [-0.2, 0) is 4.79 Å². The molecule has 0 radical (unpaired) electrons. The molecule has 0 aliphatic heterocycles. The van der Waals surface area contributed by atoms with E-state index < -0.39 is 0 Å². The van der Waals surface area contributed by atoms with Gasteiger partial charge in [-0.25, -0.2) is 0 Å². The fourth-order valence-electron chi connectivity index (χ4n) is 1.68. The van der Waals surface area contributed by atoms with Gasteiger partial charge in [-0.15, -0.1) is 0 Å². The zero-order chi connectivity index (χ0) is 12.8. The molecular weight excluding hydrogens is 226 g/mol. The number of amides is 1. The molecule has 0 aliphatic carbocycles. The van der Waals surface area contributed by atoms with Crippen LogP contribution < -0.4 is 10.6 Å². The predicted molar refractivity (Wildman–Crippen MR) is 72.2 cm³/mol. The van der Waals surface area contributed by atoms with Crippen LogP contribution in [0.3, 0.4) is 0 Å². The molecule has 0 aliphatic rings. The van der Waals surface area contributed by atoms with Gasteiger partial charge < -0.3 is 10.6 Å². The maximum Gasteiger partial charge on any atom is 0.238 e. The number of rotatable bonds is 4. The van der Waals surface area contributed by atoms with E-state index in [2.05, 4.69) is 15.6 Å². The minimum absolute atomic E-state index is 0.0548. The minimum Gasteiger partial charge on any atom is -0.325 e. The summed E-state index contributed by atoms with van der Waals surface area (Å²) in [4.78, 5) is 15.6. The molecule has 0 spiro atoms. The Morgan fingerprint density at radius 2 is 2.06 bits per heavy atom. The fourth-order valence-corrected chi connectivity index (χ4v) is 1.68. The van der Waals surface area contributed by atoms with Gasteiger partial charge in [0.15, 0.2) is 0 Å². The van der Waals surface area contributed by atoms with Crippen molar-refractivity contribution >= 4 is 11.6 Å². The van der Waals surface area contributed by atoms with Crippen LogP contribution in [-0.4, -0.2) is 24.5 Å². The summed E-state index contributed by atoms with van der Waals surface area (Å²) in [5.74, 6) is -0.0548. The lowest BCUT2D eigenvalue weighted by Gasteiger charge is -2.07. The molecule has 0 unspecified atom stereocenters. The van der Waals surface area contributed by atoms with E-state index in [9.17, 15) is 4.79 Å². The number of anilines is 1. The Labute approximate surface area is 106 Å². The summed E-state index contributed by atoms with van der Waals surface area (Å²) in [7, 11) is 1.74. The average molecular weight is 241 g/mol. The molecule has 4 heteroatoms. The lowest BCUT2D eigenvalue weighted by atomic mass is 10.1. The van der Waals surface area contributed by atoms with Crippen molar-refractivity contribution in [2.75, 3.05) is 18.9 Å². The van der Waals surface area contributed by atoms with E-state index in [1.165, 1.54) is 0 Å². The predicted octanol–water partition coefficient (Wildman–Crippen LogP) is 1.91. The zero-order valence-corrected chi connectivity index (χ0v) is 10.2. The zero-order valence-electron chi connectivity index (χ0n) is 10.2. The molecule has 92 valence electrons. The Morgan fingerprint density at radius 3 is 2.78 bits per heavy atom. The number of aromatic nitrogens is 1. The Balaban J connectivity index is 2.18. The van der Waals surface area contributed by atoms with Crippen molar-refractivity contribution in [1.29, 1.82) is 0 Å². The molecule has 0 saturated carbocycles. The number of likely N-dealkylation sites (N-methyl/N-ethyl adjacent to an activating group) is 1. The molecule has 0 bridgehead atoms. The summed E-state index contributed by atoms with van der Waals surface area (Å²) in [6.45, 7) is 0.303. The van der Waals surface area contributed by atoms with Gasteiger partial charge >= 0.3 is 0 Å². The Kier molecular flexibility index (Phi) is 4.04. The highest BCUT2D eigenvalue weighted by atomic mass is 16.1. The topological polar surface area (TPSA) is 54.0 Å². The Bertz CT molecular complexity index is 526. The van der Waals surface area contributed by atoms with Gasteiger partial charge in [-0.3, -0.25) is 9.78 Å². The van der Waals surface area contributed by atoms with E-state index in [1.54, 1.807) is 19.4 Å². The van der Waals surface area contributed by atoms with Crippen LogP contribution >= 0.6 is 0 Å². The molecule has 1 aromatic heterocycles. The quantitative estimate of drug-likeness (QED) is 0.859. The van der Waals surface area contributed by atoms with Crippen molar-refractivity contribution in [1.82, 2.24) is 10.3 Å². The number of benzene rings is 1. The number of nitrogens with zero attached hydrogens (tertiary/aromatic N) is 1. The highest BCUT2D eigenvalue weighted by Crippen LogP contribution is 2.21. The number of pyridine rings is 1. The second-order valence-electron chi connectivity index (χ2n) is 3.90. The van der Waals surface area contributed by atoms with Gasteiger partial charge in [0.1, 0.15) is 0 Å². The molecule has 0 atom stereocenters. The molecule has 18 heavy (non-hydrogen) atoms. The Morgan fingerprint density at radius 1 is 1.22 bits per heavy atom. The maximum absolute atomic E-state index is 11.5. The summed E-state index contributed by atoms with van der Waals surface area (Å²) in [5.41, 5.74) is 2.85. The molecular formula is C14H15N3O. The lowest BCUT2D eigenvalue weighted by Crippen LogP contribution is -2.24. The van der Waals surface area contributed by atoms with Crippen LogP contribution in [0.15, 0.2) is 48.8 Å². The van der Waals surface area contributed by atoms with E-state index in [4.69, 9.17) is 0 Å². The first kappa shape index (κ1) is 12.3. The van der Waals surface area contributed by atoms with E-state index in [0.29, 0.717) is 6.54 Å². The van der Waals surface area contributed by atoms with Gasteiger partial charge in [0.25, 0.3) is 0 Å². The van der Waals surface area contributed by atoms with E-state index >= 15 is 0 Å². The minimum atomic E-state index is -0.0548. The summed E-state index contributed by atoms with van der Waals surface area (Å²) >= 11 is 0. The van der Waals surface area contributed by atoms with Crippen LogP contribution in [0.2, 0.25) is 0 Å². The fraction of sp³-hybridized carbons (Fsp3) is 0.143. The molecule has 0 saturated heterocycles. The molecule has 4 nitrogen and oxygen atoms in total. The maximum atomic E-state index is 11.5. The smallest absolute Gasteiger partial charge is 0.238 e. The van der Waals surface area contributed by atoms with E-state index in [1.807, 2.05) is 36.4 Å². The van der Waals surface area contributed by atoms with Crippen molar-refractivity contribution in [2.45, 2.75) is 0 Å². The largest absolute Gasteiger partial charge is 0.325 e. The summed E-state index contributed by atoms with van der Waals surface area (Å²) in [5, 5.41) is 5.64. The summed E-state index contributed by atoms with van der Waals surface area (Å²) < 4.78 is 0. The van der Waals surface area contributed by atoms with Crippen LogP contribution in [0.4, 0.5) is 5.69 Å². The normalized spacial score (nSPS) is 10.1. The standard InChI is InChI=1S/C14H15N3O/c1-15-10-14(18)17-13-6-2-4-11(8-13)12-5-3-7-16-9-12/h2-9,15H,10H2,1H3,(H,17,18). The second kappa shape index (κ2) is 5.93. The summed E-state index contributed by atoms with van der Waals surface area (Å²) in [6, 6.07) is 11.6. The van der Waals surface area contributed by atoms with Crippen molar-refractivity contribution in [3.63, 3.8) is 0 Å². The first-order valence-corrected chi connectivity index (χ1v) is 5.74. The van der Waals surface area contributed by atoms with Crippen molar-refractivity contribution < 1.29 is 4.79 Å². The molecule has 1 heterocycles. The van der Waals surface area contributed by atoms with Gasteiger partial charge in [0.05, 0.1) is 6.54 Å². The van der Waals surface area contributed by atoms with Crippen molar-refractivity contribution in [3.8, 4) is 11.1 Å². The number of nitrogens with one attached hydrogen (secondary N) is 2. The SMILES string of the molecule is CNCC(=O)Nc1cccc(-c2cccnc2)c1. The van der Waals surface area contributed by atoms with Gasteiger partial charge in [-0.1, -0.05) is 18.2 Å². The van der Waals surface area contributed by atoms with Gasteiger partial charge in [0.2, 0.25) is 5.91 Å². The van der Waals surface area contributed by atoms with Crippen LogP contribution in [0.5, 0.6) is 0 Å². The number of carbonyl (C=O) groups excluding carboxylic acids is 1. The third kappa shape index (κ3) is 3.15. The lowest BCUT2D eigenvalue weighted by molar-refractivity contribution is -0.115. The van der Waals surface area contributed by atoms with E-state index in [0.717, 1.165) is 16.8 Å². The van der Waals surface area contributed by atoms with E-state index in [-0.39, 0.29) is 5.91 Å². The molecule has 1 aromatic carbocycles. The van der Waals surface area contributed by atoms with Crippen molar-refractivity contribution in [3.05, 3.63) is 48.8 Å². The van der Waals surface area contributed by atoms with Gasteiger partial charge in [-0.05, 0) is 30.8 Å². The van der Waals surface area contributed by atoms with Gasteiger partial charge in [0, 0.05) is 23.6 Å². The molecule has 2 N–H and O–H groups in total. The molecule has 2 rings (SSSR count). The molecule has 2 aromatic rings. The average Bonchev–Trinajstić information content (AvgIpc) is 2.40.